The number of hydrogen-bond donors (Lipinski definition) is 1. The van der Waals surface area contributed by atoms with Crippen molar-refractivity contribution in [1.29, 1.82) is 0 Å². The highest BCUT2D eigenvalue weighted by Crippen LogP contribution is 2.47. The zero-order chi connectivity index (χ0) is 15.1. The predicted molar refractivity (Wildman–Crippen MR) is 83.3 cm³/mol. The van der Waals surface area contributed by atoms with Crippen LogP contribution in [0.2, 0.25) is 5.02 Å². The van der Waals surface area contributed by atoms with E-state index in [9.17, 15) is 4.79 Å². The number of methoxy groups -OCH3 is 1. The molecule has 4 atom stereocenters. The molecule has 4 nitrogen and oxygen atoms in total. The second-order valence-corrected chi connectivity index (χ2v) is 6.54. The van der Waals surface area contributed by atoms with Gasteiger partial charge in [0.25, 0.3) is 0 Å². The van der Waals surface area contributed by atoms with Gasteiger partial charge in [0, 0.05) is 18.0 Å². The molecule has 2 saturated heterocycles. The van der Waals surface area contributed by atoms with Crippen molar-refractivity contribution in [3.63, 3.8) is 0 Å². The molecule has 2 heterocycles. The molecule has 21 heavy (non-hydrogen) atoms. The molecular formula is C16H21ClN2O2. The summed E-state index contributed by atoms with van der Waals surface area (Å²) in [5, 5.41) is 0.558. The number of piperidine rings is 1. The predicted octanol–water partition coefficient (Wildman–Crippen LogP) is 2.66. The normalized spacial score (nSPS) is 32.1. The topological polar surface area (TPSA) is 55.6 Å². The van der Waals surface area contributed by atoms with Crippen molar-refractivity contribution < 1.29 is 9.53 Å². The summed E-state index contributed by atoms with van der Waals surface area (Å²) in [5.41, 5.74) is 7.46. The quantitative estimate of drug-likeness (QED) is 0.674. The summed E-state index contributed by atoms with van der Waals surface area (Å²) in [4.78, 5) is 14.7. The molecule has 0 spiro atoms. The van der Waals surface area contributed by atoms with Gasteiger partial charge in [-0.15, -0.1) is 0 Å². The van der Waals surface area contributed by atoms with E-state index in [1.165, 1.54) is 7.11 Å². The molecule has 0 aromatic heterocycles. The van der Waals surface area contributed by atoms with Gasteiger partial charge in [-0.25, -0.2) is 0 Å². The summed E-state index contributed by atoms with van der Waals surface area (Å²) in [7, 11) is 3.58. The minimum atomic E-state index is -0.126. The molecule has 1 aromatic carbocycles. The Labute approximate surface area is 130 Å². The van der Waals surface area contributed by atoms with E-state index in [0.29, 0.717) is 16.8 Å². The van der Waals surface area contributed by atoms with Crippen molar-refractivity contribution in [2.75, 3.05) is 19.9 Å². The van der Waals surface area contributed by atoms with Gasteiger partial charge in [0.1, 0.15) is 0 Å². The molecule has 1 aromatic rings. The number of carbonyl (C=O) groups excluding carboxylic acids is 1. The van der Waals surface area contributed by atoms with Crippen LogP contribution in [0.4, 0.5) is 5.69 Å². The van der Waals surface area contributed by atoms with E-state index in [4.69, 9.17) is 22.1 Å². The number of rotatable bonds is 2. The standard InChI is InChI=1S/C16H21ClN2O2/c1-19-10-4-6-14(19)15(16(20)21-2)11(8-10)9-3-5-13(18)12(17)7-9/h3,5,7,10-11,14-15H,4,6,8,18H2,1-2H3/t10-,11+,14+,15-/m0/s1. The molecule has 2 aliphatic heterocycles. The summed E-state index contributed by atoms with van der Waals surface area (Å²) in [6, 6.07) is 6.52. The molecule has 2 fully saturated rings. The highest BCUT2D eigenvalue weighted by atomic mass is 35.5. The van der Waals surface area contributed by atoms with Gasteiger partial charge in [-0.05, 0) is 44.0 Å². The fourth-order valence-corrected chi connectivity index (χ4v) is 4.23. The Morgan fingerprint density at radius 3 is 2.86 bits per heavy atom. The summed E-state index contributed by atoms with van der Waals surface area (Å²) in [6.45, 7) is 0. The lowest BCUT2D eigenvalue weighted by Crippen LogP contribution is -2.49. The van der Waals surface area contributed by atoms with Gasteiger partial charge in [0.2, 0.25) is 0 Å². The average Bonchev–Trinajstić information content (AvgIpc) is 2.72. The van der Waals surface area contributed by atoms with Crippen molar-refractivity contribution >= 4 is 23.3 Å². The monoisotopic (exact) mass is 308 g/mol. The van der Waals surface area contributed by atoms with Crippen molar-refractivity contribution in [3.8, 4) is 0 Å². The van der Waals surface area contributed by atoms with Crippen LogP contribution < -0.4 is 5.73 Å². The first-order valence-electron chi connectivity index (χ1n) is 7.37. The Morgan fingerprint density at radius 2 is 2.19 bits per heavy atom. The number of benzene rings is 1. The molecular weight excluding hydrogens is 288 g/mol. The van der Waals surface area contributed by atoms with Crippen LogP contribution in [0.25, 0.3) is 0 Å². The second kappa shape index (κ2) is 5.50. The van der Waals surface area contributed by atoms with E-state index in [-0.39, 0.29) is 23.8 Å². The van der Waals surface area contributed by atoms with E-state index >= 15 is 0 Å². The summed E-state index contributed by atoms with van der Waals surface area (Å²) < 4.78 is 5.07. The fraction of sp³-hybridized carbons (Fsp3) is 0.562. The lowest BCUT2D eigenvalue weighted by atomic mass is 9.76. The zero-order valence-electron chi connectivity index (χ0n) is 12.4. The van der Waals surface area contributed by atoms with E-state index in [1.54, 1.807) is 0 Å². The Morgan fingerprint density at radius 1 is 1.43 bits per heavy atom. The van der Waals surface area contributed by atoms with E-state index in [2.05, 4.69) is 11.9 Å². The number of esters is 1. The lowest BCUT2D eigenvalue weighted by molar-refractivity contribution is -0.150. The van der Waals surface area contributed by atoms with E-state index in [1.807, 2.05) is 18.2 Å². The zero-order valence-corrected chi connectivity index (χ0v) is 13.1. The van der Waals surface area contributed by atoms with Gasteiger partial charge in [0.05, 0.1) is 23.7 Å². The molecule has 114 valence electrons. The number of anilines is 1. The smallest absolute Gasteiger partial charge is 0.310 e. The number of nitrogens with two attached hydrogens (primary N) is 1. The maximum Gasteiger partial charge on any atom is 0.310 e. The number of nitrogens with zero attached hydrogens (tertiary/aromatic N) is 1. The highest BCUT2D eigenvalue weighted by Gasteiger charge is 2.49. The molecule has 0 saturated carbocycles. The van der Waals surface area contributed by atoms with Crippen LogP contribution in [0.15, 0.2) is 18.2 Å². The molecule has 2 bridgehead atoms. The number of nitrogen functional groups attached to an aromatic ring is 1. The maximum absolute atomic E-state index is 12.3. The number of ether oxygens (including phenoxy) is 1. The number of hydrogen-bond acceptors (Lipinski definition) is 4. The van der Waals surface area contributed by atoms with Crippen LogP contribution >= 0.6 is 11.6 Å². The molecule has 0 aliphatic carbocycles. The molecule has 2 N–H and O–H groups in total. The molecule has 2 aliphatic rings. The Hall–Kier alpha value is -1.26. The van der Waals surface area contributed by atoms with Crippen LogP contribution in [0.5, 0.6) is 0 Å². The number of fused-ring (bicyclic) bond motifs is 2. The van der Waals surface area contributed by atoms with E-state index < -0.39 is 0 Å². The summed E-state index contributed by atoms with van der Waals surface area (Å²) >= 11 is 6.16. The van der Waals surface area contributed by atoms with Crippen molar-refractivity contribution in [2.45, 2.75) is 37.3 Å². The van der Waals surface area contributed by atoms with Crippen LogP contribution in [0.1, 0.15) is 30.7 Å². The van der Waals surface area contributed by atoms with Crippen molar-refractivity contribution in [2.24, 2.45) is 5.92 Å². The van der Waals surface area contributed by atoms with Crippen LogP contribution in [0, 0.1) is 5.92 Å². The third-order valence-electron chi connectivity index (χ3n) is 5.19. The Balaban J connectivity index is 1.98. The largest absolute Gasteiger partial charge is 0.469 e. The minimum absolute atomic E-state index is 0.120. The van der Waals surface area contributed by atoms with Crippen LogP contribution in [0.3, 0.4) is 0 Å². The van der Waals surface area contributed by atoms with Gasteiger partial charge >= 0.3 is 5.97 Å². The third-order valence-corrected chi connectivity index (χ3v) is 5.52. The van der Waals surface area contributed by atoms with Crippen molar-refractivity contribution in [1.82, 2.24) is 4.90 Å². The first kappa shape index (κ1) is 14.7. The number of carbonyl (C=O) groups is 1. The first-order chi connectivity index (χ1) is 10.0. The molecule has 0 amide bonds. The maximum atomic E-state index is 12.3. The Bertz CT molecular complexity index is 563. The third kappa shape index (κ3) is 2.40. The minimum Gasteiger partial charge on any atom is -0.469 e. The second-order valence-electron chi connectivity index (χ2n) is 6.14. The van der Waals surface area contributed by atoms with Gasteiger partial charge in [0.15, 0.2) is 0 Å². The molecule has 5 heteroatoms. The fourth-order valence-electron chi connectivity index (χ4n) is 4.04. The van der Waals surface area contributed by atoms with E-state index in [0.717, 1.165) is 24.8 Å². The summed E-state index contributed by atoms with van der Waals surface area (Å²) in [6.07, 6.45) is 3.17. The lowest BCUT2D eigenvalue weighted by Gasteiger charge is -2.41. The molecule has 0 unspecified atom stereocenters. The molecule has 0 radical (unpaired) electrons. The first-order valence-corrected chi connectivity index (χ1v) is 7.75. The van der Waals surface area contributed by atoms with Gasteiger partial charge in [-0.3, -0.25) is 9.69 Å². The van der Waals surface area contributed by atoms with Crippen LogP contribution in [-0.2, 0) is 9.53 Å². The van der Waals surface area contributed by atoms with Gasteiger partial charge in [-0.1, -0.05) is 17.7 Å². The van der Waals surface area contributed by atoms with Gasteiger partial charge < -0.3 is 10.5 Å². The molecule has 3 rings (SSSR count). The van der Waals surface area contributed by atoms with Gasteiger partial charge in [-0.2, -0.15) is 0 Å². The summed E-state index contributed by atoms with van der Waals surface area (Å²) in [5.74, 6) is -0.0900. The van der Waals surface area contributed by atoms with Crippen LogP contribution in [-0.4, -0.2) is 37.1 Å². The SMILES string of the molecule is COC(=O)[C@H]1[C@@H](c2ccc(N)c(Cl)c2)C[C@@H]2CC[C@H]1N2C. The van der Waals surface area contributed by atoms with Crippen molar-refractivity contribution in [3.05, 3.63) is 28.8 Å². The number of halogens is 1. The average molecular weight is 309 g/mol. The highest BCUT2D eigenvalue weighted by molar-refractivity contribution is 6.33. The Kier molecular flexibility index (Phi) is 3.84.